The molecule has 0 aliphatic heterocycles. The van der Waals surface area contributed by atoms with Gasteiger partial charge in [-0.05, 0) is 51.4 Å². The van der Waals surface area contributed by atoms with Crippen molar-refractivity contribution in [3.8, 4) is 0 Å². The van der Waals surface area contributed by atoms with Crippen LogP contribution in [0, 0.1) is 0 Å². The Labute approximate surface area is 414 Å². The second-order valence-corrected chi connectivity index (χ2v) is 21.4. The van der Waals surface area contributed by atoms with E-state index in [1.807, 2.05) is 21.1 Å². The van der Waals surface area contributed by atoms with E-state index in [-0.39, 0.29) is 25.6 Å². The van der Waals surface area contributed by atoms with Crippen LogP contribution >= 0.6 is 7.82 Å². The number of quaternary nitrogens is 1. The van der Waals surface area contributed by atoms with Gasteiger partial charge in [-0.1, -0.05) is 236 Å². The van der Waals surface area contributed by atoms with Gasteiger partial charge in [0.05, 0.1) is 27.7 Å². The van der Waals surface area contributed by atoms with Crippen LogP contribution in [0.3, 0.4) is 0 Å². The van der Waals surface area contributed by atoms with Crippen LogP contribution in [-0.2, 0) is 32.7 Å². The minimum atomic E-state index is -4.38. The van der Waals surface area contributed by atoms with Crippen LogP contribution < -0.4 is 0 Å². The van der Waals surface area contributed by atoms with Gasteiger partial charge in [0.15, 0.2) is 6.10 Å². The van der Waals surface area contributed by atoms with Gasteiger partial charge in [0.2, 0.25) is 0 Å². The first-order valence-electron chi connectivity index (χ1n) is 27.9. The van der Waals surface area contributed by atoms with Crippen LogP contribution in [0.2, 0.25) is 0 Å². The van der Waals surface area contributed by atoms with Crippen molar-refractivity contribution >= 4 is 19.8 Å². The highest BCUT2D eigenvalue weighted by molar-refractivity contribution is 7.47. The lowest BCUT2D eigenvalue weighted by Crippen LogP contribution is -2.37. The summed E-state index contributed by atoms with van der Waals surface area (Å²) in [4.78, 5) is 35.6. The third-order valence-corrected chi connectivity index (χ3v) is 13.1. The number of unbranched alkanes of at least 4 members (excludes halogenated alkanes) is 29. The lowest BCUT2D eigenvalue weighted by Gasteiger charge is -2.24. The zero-order chi connectivity index (χ0) is 49.2. The molecule has 0 saturated carbocycles. The fourth-order valence-electron chi connectivity index (χ4n) is 7.83. The summed E-state index contributed by atoms with van der Waals surface area (Å²) >= 11 is 0. The van der Waals surface area contributed by atoms with Crippen molar-refractivity contribution in [2.45, 2.75) is 258 Å². The molecule has 0 rings (SSSR count). The molecule has 0 saturated heterocycles. The van der Waals surface area contributed by atoms with E-state index in [1.54, 1.807) is 0 Å². The third-order valence-electron chi connectivity index (χ3n) is 12.1. The summed E-state index contributed by atoms with van der Waals surface area (Å²) in [5.41, 5.74) is 0. The molecular weight excluding hydrogens is 858 g/mol. The number of esters is 2. The molecule has 0 radical (unpaired) electrons. The highest BCUT2D eigenvalue weighted by atomic mass is 31.2. The molecule has 392 valence electrons. The van der Waals surface area contributed by atoms with Crippen LogP contribution in [0.1, 0.15) is 251 Å². The highest BCUT2D eigenvalue weighted by Gasteiger charge is 2.27. The predicted octanol–water partition coefficient (Wildman–Crippen LogP) is 17.0. The second kappa shape index (κ2) is 49.0. The van der Waals surface area contributed by atoms with Crippen molar-refractivity contribution < 1.29 is 42.1 Å². The van der Waals surface area contributed by atoms with E-state index in [0.29, 0.717) is 23.9 Å². The van der Waals surface area contributed by atoms with Crippen LogP contribution in [0.5, 0.6) is 0 Å². The molecule has 0 aliphatic carbocycles. The zero-order valence-corrected chi connectivity index (χ0v) is 45.3. The Bertz CT molecular complexity index is 1270. The fraction of sp³-hybridized carbons (Fsp3) is 0.825. The van der Waals surface area contributed by atoms with E-state index in [4.69, 9.17) is 18.5 Å². The first kappa shape index (κ1) is 65.0. The van der Waals surface area contributed by atoms with E-state index in [1.165, 1.54) is 161 Å². The fourth-order valence-corrected chi connectivity index (χ4v) is 8.57. The van der Waals surface area contributed by atoms with Gasteiger partial charge in [0.25, 0.3) is 0 Å². The second-order valence-electron chi connectivity index (χ2n) is 19.9. The predicted molar refractivity (Wildman–Crippen MR) is 284 cm³/mol. The summed E-state index contributed by atoms with van der Waals surface area (Å²) < 4.78 is 34.5. The summed E-state index contributed by atoms with van der Waals surface area (Å²) in [6.45, 7) is 4.35. The van der Waals surface area contributed by atoms with E-state index < -0.39 is 26.5 Å². The molecule has 0 heterocycles. The molecule has 9 nitrogen and oxygen atoms in total. The zero-order valence-electron chi connectivity index (χ0n) is 44.4. The number of phosphoric ester groups is 1. The van der Waals surface area contributed by atoms with Crippen molar-refractivity contribution in [3.63, 3.8) is 0 Å². The number of ether oxygens (including phenoxy) is 2. The van der Waals surface area contributed by atoms with Crippen LogP contribution in [-0.4, -0.2) is 74.9 Å². The van der Waals surface area contributed by atoms with Crippen molar-refractivity contribution in [1.29, 1.82) is 0 Å². The maximum absolute atomic E-state index is 12.8. The molecule has 67 heavy (non-hydrogen) atoms. The van der Waals surface area contributed by atoms with Gasteiger partial charge in [0, 0.05) is 12.8 Å². The Hall–Kier alpha value is -2.03. The number of carbonyl (C=O) groups excluding carboxylic acids is 2. The molecular formula is C57H107NO8P+. The maximum atomic E-state index is 12.8. The van der Waals surface area contributed by atoms with E-state index in [2.05, 4.69) is 62.5 Å². The van der Waals surface area contributed by atoms with E-state index >= 15 is 0 Å². The molecule has 10 heteroatoms. The number of nitrogens with zero attached hydrogens (tertiary/aromatic N) is 1. The number of carbonyl (C=O) groups is 2. The molecule has 2 atom stereocenters. The number of phosphoric acid groups is 1. The monoisotopic (exact) mass is 965 g/mol. The van der Waals surface area contributed by atoms with Gasteiger partial charge in [-0.15, -0.1) is 0 Å². The molecule has 0 amide bonds. The highest BCUT2D eigenvalue weighted by Crippen LogP contribution is 2.43. The number of likely N-dealkylation sites (N-methyl/N-ethyl adjacent to an activating group) is 1. The van der Waals surface area contributed by atoms with E-state index in [0.717, 1.165) is 57.8 Å². The Kier molecular flexibility index (Phi) is 47.5. The average molecular weight is 965 g/mol. The molecule has 0 bridgehead atoms. The van der Waals surface area contributed by atoms with Crippen LogP contribution in [0.4, 0.5) is 0 Å². The lowest BCUT2D eigenvalue weighted by atomic mass is 10.0. The Morgan fingerprint density at radius 3 is 1.27 bits per heavy atom. The smallest absolute Gasteiger partial charge is 0.462 e. The molecule has 2 unspecified atom stereocenters. The Morgan fingerprint density at radius 2 is 0.851 bits per heavy atom. The number of allylic oxidation sites excluding steroid dienone is 8. The normalized spacial score (nSPS) is 13.7. The quantitative estimate of drug-likeness (QED) is 0.0211. The van der Waals surface area contributed by atoms with Crippen molar-refractivity contribution in [1.82, 2.24) is 0 Å². The summed E-state index contributed by atoms with van der Waals surface area (Å²) in [6.07, 6.45) is 60.3. The lowest BCUT2D eigenvalue weighted by molar-refractivity contribution is -0.870. The van der Waals surface area contributed by atoms with Crippen molar-refractivity contribution in [3.05, 3.63) is 48.6 Å². The van der Waals surface area contributed by atoms with Crippen molar-refractivity contribution in [2.75, 3.05) is 47.5 Å². The molecule has 1 N–H and O–H groups in total. The van der Waals surface area contributed by atoms with Gasteiger partial charge in [-0.2, -0.15) is 0 Å². The maximum Gasteiger partial charge on any atom is 0.472 e. The van der Waals surface area contributed by atoms with Gasteiger partial charge < -0.3 is 18.9 Å². The third kappa shape index (κ3) is 53.2. The standard InChI is InChI=1S/C57H106NO8P/c1-6-8-10-12-14-16-18-20-22-23-24-25-26-27-28-29-30-31-32-33-34-35-36-38-40-42-44-46-48-50-57(60)66-55(54-65-67(61,62)64-52-51-58(3,4)5)53-63-56(59)49-47-45-43-41-39-37-21-19-17-15-13-11-9-7-2/h8,10,14,16,20,22,24-25,55H,6-7,9,11-13,15,17-19,21,23,26-54H2,1-5H3/p+1/b10-8-,16-14-,22-20-,25-24-. The van der Waals surface area contributed by atoms with Gasteiger partial charge in [-0.3, -0.25) is 18.6 Å². The first-order valence-corrected chi connectivity index (χ1v) is 29.4. The Balaban J connectivity index is 4.09. The topological polar surface area (TPSA) is 108 Å². The molecule has 0 spiro atoms. The van der Waals surface area contributed by atoms with Crippen molar-refractivity contribution in [2.24, 2.45) is 0 Å². The summed E-state index contributed by atoms with van der Waals surface area (Å²) in [7, 11) is 1.49. The largest absolute Gasteiger partial charge is 0.472 e. The molecule has 0 aliphatic rings. The summed E-state index contributed by atoms with van der Waals surface area (Å²) in [5.74, 6) is -0.787. The number of hydrogen-bond donors (Lipinski definition) is 1. The number of hydrogen-bond acceptors (Lipinski definition) is 7. The minimum Gasteiger partial charge on any atom is -0.462 e. The summed E-state index contributed by atoms with van der Waals surface area (Å²) in [5, 5.41) is 0. The molecule has 0 aromatic carbocycles. The van der Waals surface area contributed by atoms with Gasteiger partial charge in [0.1, 0.15) is 19.8 Å². The number of rotatable bonds is 51. The van der Waals surface area contributed by atoms with Crippen LogP contribution in [0.25, 0.3) is 0 Å². The molecule has 0 aromatic heterocycles. The van der Waals surface area contributed by atoms with Gasteiger partial charge in [-0.25, -0.2) is 4.57 Å². The SMILES string of the molecule is CC/C=C\C/C=C\C/C=C\C/C=C\CCCCCCCCCCCCCCCCCCC(=O)OC(COC(=O)CCCCCCCCCCCCCCCC)COP(=O)(O)OCC[N+](C)(C)C. The molecule has 0 fully saturated rings. The van der Waals surface area contributed by atoms with E-state index in [9.17, 15) is 19.0 Å². The minimum absolute atomic E-state index is 0.0332. The summed E-state index contributed by atoms with van der Waals surface area (Å²) in [6, 6.07) is 0. The Morgan fingerprint density at radius 1 is 0.478 bits per heavy atom. The molecule has 0 aromatic rings. The average Bonchev–Trinajstić information content (AvgIpc) is 3.29. The van der Waals surface area contributed by atoms with Crippen LogP contribution in [0.15, 0.2) is 48.6 Å². The van der Waals surface area contributed by atoms with Gasteiger partial charge >= 0.3 is 19.8 Å². The first-order chi connectivity index (χ1) is 32.5.